The number of carbonyl (C=O) groups is 2. The molecule has 0 aliphatic rings. The molecule has 2 heterocycles. The number of carboxylic acid groups (broad SMARTS) is 1. The first-order valence-corrected chi connectivity index (χ1v) is 7.17. The van der Waals surface area contributed by atoms with E-state index in [0.29, 0.717) is 10.8 Å². The number of aromatic nitrogens is 3. The summed E-state index contributed by atoms with van der Waals surface area (Å²) in [6, 6.07) is 1.70. The van der Waals surface area contributed by atoms with E-state index < -0.39 is 5.97 Å². The number of carboxylic acids is 1. The maximum Gasteiger partial charge on any atom is 0.309 e. The Morgan fingerprint density at radius 3 is 2.71 bits per heavy atom. The van der Waals surface area contributed by atoms with Crippen LogP contribution in [0.15, 0.2) is 11.4 Å². The van der Waals surface area contributed by atoms with Crippen LogP contribution in [0.4, 0.5) is 5.13 Å². The fraction of sp³-hybridized carbons (Fsp3) is 0.385. The second kappa shape index (κ2) is 5.65. The fourth-order valence-electron chi connectivity index (χ4n) is 1.58. The van der Waals surface area contributed by atoms with Crippen LogP contribution in [-0.2, 0) is 16.6 Å². The molecule has 0 saturated carbocycles. The zero-order valence-electron chi connectivity index (χ0n) is 11.9. The SMILES string of the molecule is CC(C)(C)c1cc(C(=O)Nc2nc(CC(=O)O)cs2)n[nH]1. The number of hydrogen-bond acceptors (Lipinski definition) is 5. The number of H-pyrrole nitrogens is 1. The van der Waals surface area contributed by atoms with Crippen LogP contribution >= 0.6 is 11.3 Å². The molecule has 112 valence electrons. The molecule has 0 aliphatic heterocycles. The van der Waals surface area contributed by atoms with Gasteiger partial charge in [0.05, 0.1) is 12.1 Å². The molecule has 3 N–H and O–H groups in total. The monoisotopic (exact) mass is 308 g/mol. The Bertz CT molecular complexity index is 669. The Morgan fingerprint density at radius 2 is 2.14 bits per heavy atom. The maximum absolute atomic E-state index is 12.0. The standard InChI is InChI=1S/C13H16N4O3S/c1-13(2,3)9-5-8(16-17-9)11(20)15-12-14-7(6-21-12)4-10(18)19/h5-6H,4H2,1-3H3,(H,16,17)(H,18,19)(H,14,15,20). The topological polar surface area (TPSA) is 108 Å². The maximum atomic E-state index is 12.0. The molecule has 0 atom stereocenters. The van der Waals surface area contributed by atoms with Crippen molar-refractivity contribution in [3.8, 4) is 0 Å². The Balaban J connectivity index is 2.06. The van der Waals surface area contributed by atoms with Gasteiger partial charge in [0.15, 0.2) is 10.8 Å². The molecule has 8 heteroatoms. The van der Waals surface area contributed by atoms with Crippen molar-refractivity contribution in [1.82, 2.24) is 15.2 Å². The number of rotatable bonds is 4. The molecule has 1 amide bonds. The summed E-state index contributed by atoms with van der Waals surface area (Å²) in [7, 11) is 0. The highest BCUT2D eigenvalue weighted by atomic mass is 32.1. The molecule has 0 saturated heterocycles. The van der Waals surface area contributed by atoms with Crippen molar-refractivity contribution in [2.24, 2.45) is 0 Å². The zero-order chi connectivity index (χ0) is 15.6. The Kier molecular flexibility index (Phi) is 4.08. The van der Waals surface area contributed by atoms with Crippen molar-refractivity contribution in [2.45, 2.75) is 32.6 Å². The normalized spacial score (nSPS) is 11.4. The van der Waals surface area contributed by atoms with Gasteiger partial charge in [-0.05, 0) is 6.07 Å². The predicted octanol–water partition coefficient (Wildman–Crippen LogP) is 2.04. The van der Waals surface area contributed by atoms with Gasteiger partial charge in [-0.25, -0.2) is 4.98 Å². The summed E-state index contributed by atoms with van der Waals surface area (Å²) in [6.07, 6.45) is -0.164. The first kappa shape index (κ1) is 15.2. The van der Waals surface area contributed by atoms with Crippen LogP contribution in [-0.4, -0.2) is 32.2 Å². The van der Waals surface area contributed by atoms with E-state index in [-0.39, 0.29) is 23.4 Å². The smallest absolute Gasteiger partial charge is 0.309 e. The molecular formula is C13H16N4O3S. The molecule has 21 heavy (non-hydrogen) atoms. The van der Waals surface area contributed by atoms with Crippen LogP contribution in [0, 0.1) is 0 Å². The van der Waals surface area contributed by atoms with Crippen LogP contribution < -0.4 is 5.32 Å². The molecule has 0 spiro atoms. The number of carbonyl (C=O) groups excluding carboxylic acids is 1. The van der Waals surface area contributed by atoms with Gasteiger partial charge < -0.3 is 5.11 Å². The van der Waals surface area contributed by atoms with Crippen LogP contribution in [0.5, 0.6) is 0 Å². The summed E-state index contributed by atoms with van der Waals surface area (Å²) in [6.45, 7) is 6.05. The number of amides is 1. The number of nitrogens with zero attached hydrogens (tertiary/aromatic N) is 2. The molecule has 0 aromatic carbocycles. The highest BCUT2D eigenvalue weighted by Crippen LogP contribution is 2.21. The number of anilines is 1. The summed E-state index contributed by atoms with van der Waals surface area (Å²) >= 11 is 1.18. The van der Waals surface area contributed by atoms with Crippen LogP contribution in [0.3, 0.4) is 0 Å². The predicted molar refractivity (Wildman–Crippen MR) is 78.7 cm³/mol. The van der Waals surface area contributed by atoms with Crippen LogP contribution in [0.2, 0.25) is 0 Å². The van der Waals surface area contributed by atoms with E-state index in [4.69, 9.17) is 5.11 Å². The van der Waals surface area contributed by atoms with Crippen molar-refractivity contribution < 1.29 is 14.7 Å². The molecule has 7 nitrogen and oxygen atoms in total. The van der Waals surface area contributed by atoms with Gasteiger partial charge in [-0.2, -0.15) is 5.10 Å². The van der Waals surface area contributed by atoms with Gasteiger partial charge in [0.1, 0.15) is 0 Å². The lowest BCUT2D eigenvalue weighted by Gasteiger charge is -2.14. The minimum atomic E-state index is -0.958. The lowest BCUT2D eigenvalue weighted by atomic mass is 9.92. The van der Waals surface area contributed by atoms with Crippen molar-refractivity contribution in [2.75, 3.05) is 5.32 Å². The molecule has 2 rings (SSSR count). The lowest BCUT2D eigenvalue weighted by Crippen LogP contribution is -2.13. The van der Waals surface area contributed by atoms with Crippen LogP contribution in [0.25, 0.3) is 0 Å². The van der Waals surface area contributed by atoms with E-state index >= 15 is 0 Å². The number of aliphatic carboxylic acids is 1. The number of aromatic amines is 1. The quantitative estimate of drug-likeness (QED) is 0.801. The fourth-order valence-corrected chi connectivity index (χ4v) is 2.29. The average Bonchev–Trinajstić information content (AvgIpc) is 2.96. The lowest BCUT2D eigenvalue weighted by molar-refractivity contribution is -0.136. The minimum absolute atomic E-state index is 0.124. The summed E-state index contributed by atoms with van der Waals surface area (Å²) in [4.78, 5) is 26.7. The molecule has 0 fully saturated rings. The third-order valence-electron chi connectivity index (χ3n) is 2.72. The largest absolute Gasteiger partial charge is 0.481 e. The molecule has 0 bridgehead atoms. The Morgan fingerprint density at radius 1 is 1.43 bits per heavy atom. The van der Waals surface area contributed by atoms with Gasteiger partial charge in [0.2, 0.25) is 0 Å². The van der Waals surface area contributed by atoms with Crippen molar-refractivity contribution in [3.05, 3.63) is 28.5 Å². The van der Waals surface area contributed by atoms with E-state index in [2.05, 4.69) is 20.5 Å². The van der Waals surface area contributed by atoms with Gasteiger partial charge in [0, 0.05) is 16.5 Å². The first-order chi connectivity index (χ1) is 9.75. The van der Waals surface area contributed by atoms with Gasteiger partial charge in [-0.3, -0.25) is 20.0 Å². The van der Waals surface area contributed by atoms with Gasteiger partial charge in [-0.15, -0.1) is 11.3 Å². The van der Waals surface area contributed by atoms with E-state index in [1.54, 1.807) is 11.4 Å². The van der Waals surface area contributed by atoms with E-state index in [1.165, 1.54) is 11.3 Å². The zero-order valence-corrected chi connectivity index (χ0v) is 12.7. The second-order valence-corrected chi connectivity index (χ2v) is 6.44. The molecule has 2 aromatic rings. The van der Waals surface area contributed by atoms with E-state index in [9.17, 15) is 9.59 Å². The Hall–Kier alpha value is -2.22. The van der Waals surface area contributed by atoms with E-state index in [0.717, 1.165) is 5.69 Å². The molecule has 2 aromatic heterocycles. The summed E-state index contributed by atoms with van der Waals surface area (Å²) < 4.78 is 0. The summed E-state index contributed by atoms with van der Waals surface area (Å²) in [5.74, 6) is -1.33. The number of hydrogen-bond donors (Lipinski definition) is 3. The second-order valence-electron chi connectivity index (χ2n) is 5.59. The van der Waals surface area contributed by atoms with E-state index in [1.807, 2.05) is 20.8 Å². The Labute approximate surface area is 125 Å². The number of nitrogens with one attached hydrogen (secondary N) is 2. The first-order valence-electron chi connectivity index (χ1n) is 6.29. The van der Waals surface area contributed by atoms with Crippen molar-refractivity contribution in [3.63, 3.8) is 0 Å². The molecule has 0 radical (unpaired) electrons. The third kappa shape index (κ3) is 3.88. The van der Waals surface area contributed by atoms with Crippen molar-refractivity contribution >= 4 is 28.3 Å². The highest BCUT2D eigenvalue weighted by molar-refractivity contribution is 7.14. The highest BCUT2D eigenvalue weighted by Gasteiger charge is 2.20. The van der Waals surface area contributed by atoms with Crippen molar-refractivity contribution in [1.29, 1.82) is 0 Å². The van der Waals surface area contributed by atoms with Crippen LogP contribution in [0.1, 0.15) is 42.6 Å². The number of thiazole rings is 1. The summed E-state index contributed by atoms with van der Waals surface area (Å²) in [5, 5.41) is 20.1. The van der Waals surface area contributed by atoms with Gasteiger partial charge in [-0.1, -0.05) is 20.8 Å². The molecule has 0 unspecified atom stereocenters. The minimum Gasteiger partial charge on any atom is -0.481 e. The average molecular weight is 308 g/mol. The van der Waals surface area contributed by atoms with Gasteiger partial charge in [0.25, 0.3) is 5.91 Å². The molecular weight excluding hydrogens is 292 g/mol. The molecule has 0 aliphatic carbocycles. The summed E-state index contributed by atoms with van der Waals surface area (Å²) in [5.41, 5.74) is 1.43. The third-order valence-corrected chi connectivity index (χ3v) is 3.53. The van der Waals surface area contributed by atoms with Gasteiger partial charge >= 0.3 is 5.97 Å².